The number of halogens is 2. The van der Waals surface area contributed by atoms with E-state index in [0.29, 0.717) is 0 Å². The molecule has 3 aromatic rings. The first-order valence-electron chi connectivity index (χ1n) is 6.59. The Balaban J connectivity index is 1.90. The maximum Gasteiger partial charge on any atom is 0.168 e. The Bertz CT molecular complexity index is 826. The van der Waals surface area contributed by atoms with E-state index in [-0.39, 0.29) is 22.8 Å². The lowest BCUT2D eigenvalue weighted by Gasteiger charge is -2.05. The monoisotopic (exact) mass is 298 g/mol. The highest BCUT2D eigenvalue weighted by molar-refractivity contribution is 6.34. The summed E-state index contributed by atoms with van der Waals surface area (Å²) in [6, 6.07) is 17.6. The van der Waals surface area contributed by atoms with E-state index in [1.165, 1.54) is 18.2 Å². The molecule has 104 valence electrons. The van der Waals surface area contributed by atoms with Crippen LogP contribution in [0.1, 0.15) is 15.9 Å². The van der Waals surface area contributed by atoms with Crippen LogP contribution in [0.2, 0.25) is 5.02 Å². The highest BCUT2D eigenvalue weighted by Gasteiger charge is 2.12. The number of hydrogen-bond acceptors (Lipinski definition) is 1. The Labute approximate surface area is 127 Å². The van der Waals surface area contributed by atoms with Crippen molar-refractivity contribution in [2.24, 2.45) is 0 Å². The summed E-state index contributed by atoms with van der Waals surface area (Å²) in [5.74, 6) is -0.643. The molecule has 1 nitrogen and oxygen atoms in total. The van der Waals surface area contributed by atoms with Crippen LogP contribution >= 0.6 is 11.6 Å². The van der Waals surface area contributed by atoms with E-state index >= 15 is 0 Å². The highest BCUT2D eigenvalue weighted by atomic mass is 35.5. The van der Waals surface area contributed by atoms with Crippen LogP contribution in [0.3, 0.4) is 0 Å². The number of benzene rings is 3. The zero-order chi connectivity index (χ0) is 14.8. The zero-order valence-corrected chi connectivity index (χ0v) is 11.9. The van der Waals surface area contributed by atoms with Gasteiger partial charge in [0, 0.05) is 12.0 Å². The minimum absolute atomic E-state index is 0.185. The van der Waals surface area contributed by atoms with E-state index in [4.69, 9.17) is 11.6 Å². The molecule has 0 radical (unpaired) electrons. The van der Waals surface area contributed by atoms with Crippen LogP contribution in [0.15, 0.2) is 60.7 Å². The van der Waals surface area contributed by atoms with E-state index in [9.17, 15) is 9.18 Å². The van der Waals surface area contributed by atoms with Gasteiger partial charge in [-0.05, 0) is 34.5 Å². The molecule has 0 fully saturated rings. The minimum Gasteiger partial charge on any atom is -0.294 e. The molecular weight excluding hydrogens is 287 g/mol. The predicted molar refractivity (Wildman–Crippen MR) is 83.4 cm³/mol. The first-order valence-corrected chi connectivity index (χ1v) is 6.97. The van der Waals surface area contributed by atoms with Crippen LogP contribution in [0, 0.1) is 5.82 Å². The molecule has 21 heavy (non-hydrogen) atoms. The largest absolute Gasteiger partial charge is 0.294 e. The second-order valence-corrected chi connectivity index (χ2v) is 5.31. The summed E-state index contributed by atoms with van der Waals surface area (Å²) in [6.45, 7) is 0. The molecule has 0 spiro atoms. The first-order chi connectivity index (χ1) is 10.1. The topological polar surface area (TPSA) is 17.1 Å². The molecule has 0 atom stereocenters. The van der Waals surface area contributed by atoms with Crippen LogP contribution in [0.4, 0.5) is 4.39 Å². The Morgan fingerprint density at radius 2 is 1.71 bits per heavy atom. The lowest BCUT2D eigenvalue weighted by atomic mass is 10.00. The van der Waals surface area contributed by atoms with Crippen molar-refractivity contribution in [2.75, 3.05) is 0 Å². The molecule has 0 unspecified atom stereocenters. The third-order valence-corrected chi connectivity index (χ3v) is 3.74. The van der Waals surface area contributed by atoms with E-state index in [2.05, 4.69) is 0 Å². The molecule has 0 aromatic heterocycles. The van der Waals surface area contributed by atoms with Gasteiger partial charge >= 0.3 is 0 Å². The summed E-state index contributed by atoms with van der Waals surface area (Å²) >= 11 is 5.96. The Morgan fingerprint density at radius 3 is 2.52 bits per heavy atom. The van der Waals surface area contributed by atoms with Gasteiger partial charge in [0.2, 0.25) is 0 Å². The summed E-state index contributed by atoms with van der Waals surface area (Å²) in [5, 5.41) is 2.48. The maximum atomic E-state index is 13.2. The van der Waals surface area contributed by atoms with Gasteiger partial charge in [0.25, 0.3) is 0 Å². The van der Waals surface area contributed by atoms with Crippen molar-refractivity contribution in [3.8, 4) is 0 Å². The van der Waals surface area contributed by atoms with Gasteiger partial charge in [-0.25, -0.2) is 4.39 Å². The maximum absolute atomic E-state index is 13.2. The average Bonchev–Trinajstić information content (AvgIpc) is 2.49. The molecule has 0 amide bonds. The quantitative estimate of drug-likeness (QED) is 0.618. The fraction of sp³-hybridized carbons (Fsp3) is 0.0556. The molecule has 3 heteroatoms. The fourth-order valence-corrected chi connectivity index (χ4v) is 2.56. The van der Waals surface area contributed by atoms with Crippen molar-refractivity contribution in [3.05, 3.63) is 82.6 Å². The summed E-state index contributed by atoms with van der Waals surface area (Å²) in [6.07, 6.45) is 0.202. The fourth-order valence-electron chi connectivity index (χ4n) is 2.34. The van der Waals surface area contributed by atoms with Gasteiger partial charge in [-0.1, -0.05) is 54.1 Å². The van der Waals surface area contributed by atoms with Crippen molar-refractivity contribution >= 4 is 28.2 Å². The van der Waals surface area contributed by atoms with Crippen molar-refractivity contribution < 1.29 is 9.18 Å². The SMILES string of the molecule is O=C(Cc1ccc2ccccc2c1)c1cc(F)ccc1Cl. The van der Waals surface area contributed by atoms with Crippen molar-refractivity contribution in [3.63, 3.8) is 0 Å². The Morgan fingerprint density at radius 1 is 0.952 bits per heavy atom. The molecule has 0 aliphatic heterocycles. The number of ketones is 1. The van der Waals surface area contributed by atoms with Crippen molar-refractivity contribution in [1.29, 1.82) is 0 Å². The molecule has 0 N–H and O–H groups in total. The smallest absolute Gasteiger partial charge is 0.168 e. The number of hydrogen-bond donors (Lipinski definition) is 0. The number of fused-ring (bicyclic) bond motifs is 1. The van der Waals surface area contributed by atoms with Crippen LogP contribution in [0.5, 0.6) is 0 Å². The third kappa shape index (κ3) is 2.96. The normalized spacial score (nSPS) is 10.8. The highest BCUT2D eigenvalue weighted by Crippen LogP contribution is 2.21. The van der Waals surface area contributed by atoms with Gasteiger partial charge in [-0.15, -0.1) is 0 Å². The summed E-state index contributed by atoms with van der Waals surface area (Å²) in [5.41, 5.74) is 1.11. The van der Waals surface area contributed by atoms with Crippen LogP contribution in [0.25, 0.3) is 10.8 Å². The molecule has 0 bridgehead atoms. The minimum atomic E-state index is -0.457. The zero-order valence-electron chi connectivity index (χ0n) is 11.1. The predicted octanol–water partition coefficient (Wildman–Crippen LogP) is 5.06. The van der Waals surface area contributed by atoms with Crippen molar-refractivity contribution in [2.45, 2.75) is 6.42 Å². The van der Waals surface area contributed by atoms with Gasteiger partial charge in [-0.2, -0.15) is 0 Å². The van der Waals surface area contributed by atoms with Crippen LogP contribution < -0.4 is 0 Å². The lowest BCUT2D eigenvalue weighted by molar-refractivity contribution is 0.0992. The second-order valence-electron chi connectivity index (χ2n) is 4.91. The van der Waals surface area contributed by atoms with E-state index in [1.807, 2.05) is 42.5 Å². The van der Waals surface area contributed by atoms with Gasteiger partial charge < -0.3 is 0 Å². The molecule has 3 rings (SSSR count). The molecular formula is C18H12ClFO. The Kier molecular flexibility index (Phi) is 3.72. The van der Waals surface area contributed by atoms with Gasteiger partial charge in [0.1, 0.15) is 5.82 Å². The van der Waals surface area contributed by atoms with E-state index in [1.54, 1.807) is 0 Å². The summed E-state index contributed by atoms with van der Waals surface area (Å²) in [4.78, 5) is 12.3. The second kappa shape index (κ2) is 5.66. The number of carbonyl (C=O) groups excluding carboxylic acids is 1. The van der Waals surface area contributed by atoms with E-state index < -0.39 is 5.82 Å². The van der Waals surface area contributed by atoms with Crippen molar-refractivity contribution in [1.82, 2.24) is 0 Å². The number of rotatable bonds is 3. The summed E-state index contributed by atoms with van der Waals surface area (Å²) < 4.78 is 13.2. The molecule has 0 aliphatic rings. The van der Waals surface area contributed by atoms with Gasteiger partial charge in [-0.3, -0.25) is 4.79 Å². The third-order valence-electron chi connectivity index (χ3n) is 3.41. The molecule has 3 aromatic carbocycles. The molecule has 0 saturated heterocycles. The number of Topliss-reactive ketones (excluding diaryl/α,β-unsaturated/α-hetero) is 1. The average molecular weight is 299 g/mol. The van der Waals surface area contributed by atoms with Crippen LogP contribution in [-0.2, 0) is 6.42 Å². The summed E-state index contributed by atoms with van der Waals surface area (Å²) in [7, 11) is 0. The number of carbonyl (C=O) groups is 1. The van der Waals surface area contributed by atoms with Gasteiger partial charge in [0.15, 0.2) is 5.78 Å². The van der Waals surface area contributed by atoms with E-state index in [0.717, 1.165) is 16.3 Å². The van der Waals surface area contributed by atoms with Crippen LogP contribution in [-0.4, -0.2) is 5.78 Å². The molecule has 0 aliphatic carbocycles. The molecule has 0 heterocycles. The Hall–Kier alpha value is -2.19. The molecule has 0 saturated carbocycles. The van der Waals surface area contributed by atoms with Gasteiger partial charge in [0.05, 0.1) is 5.02 Å². The standard InChI is InChI=1S/C18H12ClFO/c19-17-8-7-15(20)11-16(17)18(21)10-12-5-6-13-3-1-2-4-14(13)9-12/h1-9,11H,10H2. The first kappa shape index (κ1) is 13.8. The lowest BCUT2D eigenvalue weighted by Crippen LogP contribution is -2.05.